The molecule has 0 aliphatic heterocycles. The van der Waals surface area contributed by atoms with Crippen LogP contribution in [0.4, 0.5) is 10.1 Å². The number of anilines is 1. The van der Waals surface area contributed by atoms with Crippen LogP contribution >= 0.6 is 23.2 Å². The summed E-state index contributed by atoms with van der Waals surface area (Å²) < 4.78 is 47.7. The van der Waals surface area contributed by atoms with Gasteiger partial charge in [-0.2, -0.15) is 0 Å². The third-order valence-corrected chi connectivity index (χ3v) is 8.74. The smallest absolute Gasteiger partial charge is 0.264 e. The Morgan fingerprint density at radius 2 is 1.56 bits per heavy atom. The van der Waals surface area contributed by atoms with Crippen molar-refractivity contribution in [3.63, 3.8) is 0 Å². The molecule has 3 rings (SSSR count). The minimum atomic E-state index is -4.35. The van der Waals surface area contributed by atoms with Crippen LogP contribution in [-0.2, 0) is 26.2 Å². The van der Waals surface area contributed by atoms with Gasteiger partial charge in [-0.15, -0.1) is 0 Å². The van der Waals surface area contributed by atoms with E-state index in [0.29, 0.717) is 34.5 Å². The fourth-order valence-electron chi connectivity index (χ4n) is 4.20. The number of nitrogens with one attached hydrogen (secondary N) is 1. The molecule has 0 aliphatic rings. The van der Waals surface area contributed by atoms with E-state index in [-0.39, 0.29) is 23.5 Å². The fraction of sp³-hybridized carbons (Fsp3) is 0.310. The van der Waals surface area contributed by atoms with E-state index in [9.17, 15) is 22.4 Å². The summed E-state index contributed by atoms with van der Waals surface area (Å²) in [5, 5.41) is 3.32. The maximum atomic E-state index is 14.0. The number of likely N-dealkylation sites (N-methyl/N-ethyl adjacent to an activating group) is 1. The zero-order valence-corrected chi connectivity index (χ0v) is 25.3. The van der Waals surface area contributed by atoms with Crippen LogP contribution in [0, 0.1) is 5.82 Å². The average molecular weight is 625 g/mol. The number of carbonyl (C=O) groups excluding carboxylic acids is 2. The molecule has 0 fully saturated rings. The number of hydrogen-bond donors (Lipinski definition) is 1. The summed E-state index contributed by atoms with van der Waals surface area (Å²) in [5.74, 6) is -1.17. The highest BCUT2D eigenvalue weighted by molar-refractivity contribution is 7.92. The molecule has 220 valence electrons. The van der Waals surface area contributed by atoms with Crippen LogP contribution in [0.2, 0.25) is 10.0 Å². The second kappa shape index (κ2) is 14.5. The van der Waals surface area contributed by atoms with Crippen LogP contribution in [0.25, 0.3) is 0 Å². The Balaban J connectivity index is 2.10. The number of halogens is 3. The quantitative estimate of drug-likeness (QED) is 0.265. The normalized spacial score (nSPS) is 12.0. The molecular weight excluding hydrogens is 592 g/mol. The zero-order chi connectivity index (χ0) is 30.2. The van der Waals surface area contributed by atoms with E-state index in [1.165, 1.54) is 17.0 Å². The summed E-state index contributed by atoms with van der Waals surface area (Å²) in [5.41, 5.74) is 0.592. The molecule has 1 atom stereocenters. The molecule has 8 nitrogen and oxygen atoms in total. The fourth-order valence-corrected chi connectivity index (χ4v) is 6.13. The summed E-state index contributed by atoms with van der Waals surface area (Å²) >= 11 is 12.8. The molecular formula is C29H32Cl2FN3O5S. The minimum Gasteiger partial charge on any atom is -0.494 e. The van der Waals surface area contributed by atoms with Gasteiger partial charge in [0.25, 0.3) is 10.0 Å². The highest BCUT2D eigenvalue weighted by atomic mass is 35.5. The maximum absolute atomic E-state index is 14.0. The largest absolute Gasteiger partial charge is 0.494 e. The van der Waals surface area contributed by atoms with Crippen molar-refractivity contribution in [3.05, 3.63) is 88.2 Å². The van der Waals surface area contributed by atoms with Crippen molar-refractivity contribution in [2.45, 2.75) is 44.7 Å². The van der Waals surface area contributed by atoms with Crippen molar-refractivity contribution < 1.29 is 27.1 Å². The number of benzene rings is 3. The molecule has 2 amide bonds. The first-order valence-electron chi connectivity index (χ1n) is 13.0. The first kappa shape index (κ1) is 32.2. The van der Waals surface area contributed by atoms with Crippen LogP contribution in [0.15, 0.2) is 71.6 Å². The van der Waals surface area contributed by atoms with Crippen molar-refractivity contribution >= 4 is 50.7 Å². The molecule has 3 aromatic carbocycles. The topological polar surface area (TPSA) is 96.0 Å². The number of carbonyl (C=O) groups is 2. The molecule has 41 heavy (non-hydrogen) atoms. The third-order valence-electron chi connectivity index (χ3n) is 6.24. The monoisotopic (exact) mass is 623 g/mol. The number of sulfonamides is 1. The molecule has 3 aromatic rings. The van der Waals surface area contributed by atoms with Gasteiger partial charge in [0.15, 0.2) is 0 Å². The molecule has 0 heterocycles. The maximum Gasteiger partial charge on any atom is 0.264 e. The summed E-state index contributed by atoms with van der Waals surface area (Å²) in [7, 11) is -4.35. The van der Waals surface area contributed by atoms with Crippen LogP contribution < -0.4 is 14.4 Å². The van der Waals surface area contributed by atoms with Crippen molar-refractivity contribution in [3.8, 4) is 5.75 Å². The summed E-state index contributed by atoms with van der Waals surface area (Å²) in [6.45, 7) is 5.26. The predicted molar refractivity (Wildman–Crippen MR) is 158 cm³/mol. The van der Waals surface area contributed by atoms with Gasteiger partial charge in [0, 0.05) is 28.7 Å². The predicted octanol–water partition coefficient (Wildman–Crippen LogP) is 5.67. The lowest BCUT2D eigenvalue weighted by atomic mass is 10.1. The Kier molecular flexibility index (Phi) is 11.4. The highest BCUT2D eigenvalue weighted by Gasteiger charge is 2.34. The van der Waals surface area contributed by atoms with Crippen LogP contribution in [0.5, 0.6) is 5.75 Å². The van der Waals surface area contributed by atoms with Gasteiger partial charge in [-0.3, -0.25) is 13.9 Å². The standard InChI is InChI=1S/C29H32Cl2FN3O5S/c1-4-27(29(37)33-5-2)34(18-24-25(30)8-7-9-26(24)31)28(36)19-35(21-12-14-22(15-13-21)40-6-3)41(38,39)23-16-10-20(32)11-17-23/h7-17,27H,4-6,18-19H2,1-3H3,(H,33,37). The first-order valence-corrected chi connectivity index (χ1v) is 15.2. The number of rotatable bonds is 13. The van der Waals surface area contributed by atoms with Crippen molar-refractivity contribution in [2.24, 2.45) is 0 Å². The molecule has 0 spiro atoms. The molecule has 0 aromatic heterocycles. The Hall–Kier alpha value is -3.34. The highest BCUT2D eigenvalue weighted by Crippen LogP contribution is 2.29. The molecule has 0 saturated heterocycles. The molecule has 1 unspecified atom stereocenters. The summed E-state index contributed by atoms with van der Waals surface area (Å²) in [6.07, 6.45) is 0.243. The number of hydrogen-bond acceptors (Lipinski definition) is 5. The lowest BCUT2D eigenvalue weighted by Gasteiger charge is -2.33. The minimum absolute atomic E-state index is 0.138. The number of amides is 2. The van der Waals surface area contributed by atoms with Gasteiger partial charge in [0.05, 0.1) is 17.2 Å². The van der Waals surface area contributed by atoms with Crippen molar-refractivity contribution in [1.29, 1.82) is 0 Å². The second-order valence-electron chi connectivity index (χ2n) is 8.93. The molecule has 0 radical (unpaired) electrons. The zero-order valence-electron chi connectivity index (χ0n) is 22.9. The Morgan fingerprint density at radius 3 is 2.10 bits per heavy atom. The van der Waals surface area contributed by atoms with Gasteiger partial charge in [-0.25, -0.2) is 12.8 Å². The number of ether oxygens (including phenoxy) is 1. The van der Waals surface area contributed by atoms with Gasteiger partial charge in [-0.05, 0) is 80.9 Å². The molecule has 1 N–H and O–H groups in total. The van der Waals surface area contributed by atoms with E-state index in [0.717, 1.165) is 28.6 Å². The van der Waals surface area contributed by atoms with Crippen molar-refractivity contribution in [1.82, 2.24) is 10.2 Å². The Bertz CT molecular complexity index is 1430. The van der Waals surface area contributed by atoms with Crippen LogP contribution in [0.1, 0.15) is 32.8 Å². The molecule has 0 saturated carbocycles. The molecule has 12 heteroatoms. The van der Waals surface area contributed by atoms with Gasteiger partial charge < -0.3 is 15.0 Å². The van der Waals surface area contributed by atoms with E-state index in [4.69, 9.17) is 27.9 Å². The third kappa shape index (κ3) is 7.90. The van der Waals surface area contributed by atoms with Crippen LogP contribution in [0.3, 0.4) is 0 Å². The van der Waals surface area contributed by atoms with E-state index >= 15 is 0 Å². The van der Waals surface area contributed by atoms with Crippen molar-refractivity contribution in [2.75, 3.05) is 24.0 Å². The first-order chi connectivity index (χ1) is 19.5. The van der Waals surface area contributed by atoms with Gasteiger partial charge in [0.2, 0.25) is 11.8 Å². The number of nitrogens with zero attached hydrogens (tertiary/aromatic N) is 2. The lowest BCUT2D eigenvalue weighted by Crippen LogP contribution is -2.52. The van der Waals surface area contributed by atoms with Gasteiger partial charge in [0.1, 0.15) is 24.2 Å². The van der Waals surface area contributed by atoms with Crippen LogP contribution in [-0.4, -0.2) is 50.9 Å². The second-order valence-corrected chi connectivity index (χ2v) is 11.6. The van der Waals surface area contributed by atoms with E-state index < -0.39 is 40.2 Å². The van der Waals surface area contributed by atoms with Gasteiger partial charge in [-0.1, -0.05) is 36.2 Å². The molecule has 0 bridgehead atoms. The summed E-state index contributed by atoms with van der Waals surface area (Å²) in [4.78, 5) is 28.1. The average Bonchev–Trinajstić information content (AvgIpc) is 2.94. The van der Waals surface area contributed by atoms with Gasteiger partial charge >= 0.3 is 0 Å². The van der Waals surface area contributed by atoms with E-state index in [1.807, 2.05) is 6.92 Å². The van der Waals surface area contributed by atoms with E-state index in [1.54, 1.807) is 44.2 Å². The molecule has 0 aliphatic carbocycles. The van der Waals surface area contributed by atoms with E-state index in [2.05, 4.69) is 5.32 Å². The Labute approximate surface area is 250 Å². The SMILES string of the molecule is CCNC(=O)C(CC)N(Cc1c(Cl)cccc1Cl)C(=O)CN(c1ccc(OCC)cc1)S(=O)(=O)c1ccc(F)cc1. The Morgan fingerprint density at radius 1 is 0.951 bits per heavy atom. The summed E-state index contributed by atoms with van der Waals surface area (Å²) in [6, 6.07) is 14.4. The lowest BCUT2D eigenvalue weighted by molar-refractivity contribution is -0.140.